The van der Waals surface area contributed by atoms with Crippen molar-refractivity contribution in [2.45, 2.75) is 30.7 Å². The molecule has 0 aliphatic carbocycles. The summed E-state index contributed by atoms with van der Waals surface area (Å²) in [6.45, 7) is 2.90. The average molecular weight is 467 g/mol. The SMILES string of the molecule is C[C@@H](NC(=O)COc1ccc(S(=O)(=O)N2CCCC2)cc1)c1ccc(Br)cc1. The first kappa shape index (κ1) is 20.8. The third-order valence-electron chi connectivity index (χ3n) is 4.64. The average Bonchev–Trinajstić information content (AvgIpc) is 3.23. The monoisotopic (exact) mass is 466 g/mol. The summed E-state index contributed by atoms with van der Waals surface area (Å²) in [5.41, 5.74) is 0.994. The van der Waals surface area contributed by atoms with E-state index in [9.17, 15) is 13.2 Å². The molecule has 1 saturated heterocycles. The van der Waals surface area contributed by atoms with Crippen LogP contribution in [0.4, 0.5) is 0 Å². The molecule has 8 heteroatoms. The van der Waals surface area contributed by atoms with Gasteiger partial charge in [0.05, 0.1) is 10.9 Å². The molecular weight excluding hydrogens is 444 g/mol. The molecule has 3 rings (SSSR count). The molecule has 0 unspecified atom stereocenters. The Balaban J connectivity index is 1.53. The molecule has 1 N–H and O–H groups in total. The number of sulfonamides is 1. The van der Waals surface area contributed by atoms with E-state index in [0.29, 0.717) is 18.8 Å². The van der Waals surface area contributed by atoms with Gasteiger partial charge in [-0.3, -0.25) is 4.79 Å². The summed E-state index contributed by atoms with van der Waals surface area (Å²) in [7, 11) is -3.44. The Hall–Kier alpha value is -1.90. The highest BCUT2D eigenvalue weighted by Gasteiger charge is 2.26. The van der Waals surface area contributed by atoms with Crippen LogP contribution in [0.3, 0.4) is 0 Å². The number of ether oxygens (including phenoxy) is 1. The topological polar surface area (TPSA) is 75.7 Å². The number of carbonyl (C=O) groups excluding carboxylic acids is 1. The first-order chi connectivity index (χ1) is 13.4. The van der Waals surface area contributed by atoms with Crippen molar-refractivity contribution < 1.29 is 17.9 Å². The molecule has 1 aliphatic rings. The molecule has 1 atom stereocenters. The Morgan fingerprint density at radius 2 is 1.71 bits per heavy atom. The van der Waals surface area contributed by atoms with Crippen LogP contribution in [0.5, 0.6) is 5.75 Å². The molecule has 6 nitrogen and oxygen atoms in total. The predicted octanol–water partition coefficient (Wildman–Crippen LogP) is 3.49. The summed E-state index contributed by atoms with van der Waals surface area (Å²) in [4.78, 5) is 12.4. The van der Waals surface area contributed by atoms with Crippen molar-refractivity contribution in [3.8, 4) is 5.75 Å². The van der Waals surface area contributed by atoms with Gasteiger partial charge < -0.3 is 10.1 Å². The number of carbonyl (C=O) groups is 1. The van der Waals surface area contributed by atoms with E-state index in [1.54, 1.807) is 12.1 Å². The zero-order chi connectivity index (χ0) is 20.1. The fourth-order valence-electron chi connectivity index (χ4n) is 3.05. The fraction of sp³-hybridized carbons (Fsp3) is 0.350. The summed E-state index contributed by atoms with van der Waals surface area (Å²) < 4.78 is 33.0. The van der Waals surface area contributed by atoms with Gasteiger partial charge in [0, 0.05) is 17.6 Å². The molecule has 0 radical (unpaired) electrons. The largest absolute Gasteiger partial charge is 0.484 e. The van der Waals surface area contributed by atoms with Gasteiger partial charge in [-0.05, 0) is 61.7 Å². The van der Waals surface area contributed by atoms with Gasteiger partial charge in [0.2, 0.25) is 10.0 Å². The first-order valence-electron chi connectivity index (χ1n) is 9.14. The van der Waals surface area contributed by atoms with Crippen LogP contribution in [0, 0.1) is 0 Å². The summed E-state index contributed by atoms with van der Waals surface area (Å²) >= 11 is 3.38. The van der Waals surface area contributed by atoms with Crippen molar-refractivity contribution in [1.82, 2.24) is 9.62 Å². The zero-order valence-corrected chi connectivity index (χ0v) is 18.0. The maximum Gasteiger partial charge on any atom is 0.258 e. The highest BCUT2D eigenvalue weighted by atomic mass is 79.9. The van der Waals surface area contributed by atoms with Crippen molar-refractivity contribution in [2.75, 3.05) is 19.7 Å². The highest BCUT2D eigenvalue weighted by Crippen LogP contribution is 2.23. The Morgan fingerprint density at radius 1 is 1.11 bits per heavy atom. The minimum atomic E-state index is -3.44. The zero-order valence-electron chi connectivity index (χ0n) is 15.6. The van der Waals surface area contributed by atoms with Crippen LogP contribution in [0.25, 0.3) is 0 Å². The maximum absolute atomic E-state index is 12.5. The molecule has 1 heterocycles. The Kier molecular flexibility index (Phi) is 6.74. The van der Waals surface area contributed by atoms with Crippen molar-refractivity contribution in [2.24, 2.45) is 0 Å². The number of hydrogen-bond donors (Lipinski definition) is 1. The summed E-state index contributed by atoms with van der Waals surface area (Å²) in [6.07, 6.45) is 1.79. The highest BCUT2D eigenvalue weighted by molar-refractivity contribution is 9.10. The maximum atomic E-state index is 12.5. The third-order valence-corrected chi connectivity index (χ3v) is 7.09. The van der Waals surface area contributed by atoms with Crippen molar-refractivity contribution >= 4 is 31.9 Å². The lowest BCUT2D eigenvalue weighted by Crippen LogP contribution is -2.31. The van der Waals surface area contributed by atoms with Crippen molar-refractivity contribution in [3.63, 3.8) is 0 Å². The normalized spacial score (nSPS) is 15.9. The van der Waals surface area contributed by atoms with Gasteiger partial charge in [-0.2, -0.15) is 4.31 Å². The number of halogens is 1. The second kappa shape index (κ2) is 9.07. The molecule has 0 saturated carbocycles. The number of amides is 1. The second-order valence-electron chi connectivity index (χ2n) is 6.71. The van der Waals surface area contributed by atoms with Crippen LogP contribution in [-0.2, 0) is 14.8 Å². The van der Waals surface area contributed by atoms with Crippen molar-refractivity contribution in [1.29, 1.82) is 0 Å². The molecule has 28 heavy (non-hydrogen) atoms. The molecule has 150 valence electrons. The quantitative estimate of drug-likeness (QED) is 0.677. The van der Waals surface area contributed by atoms with Gasteiger partial charge >= 0.3 is 0 Å². The van der Waals surface area contributed by atoms with E-state index in [1.165, 1.54) is 16.4 Å². The van der Waals surface area contributed by atoms with Gasteiger partial charge in [-0.1, -0.05) is 28.1 Å². The van der Waals surface area contributed by atoms with Gasteiger partial charge in [0.25, 0.3) is 5.91 Å². The van der Waals surface area contributed by atoms with Gasteiger partial charge in [-0.15, -0.1) is 0 Å². The van der Waals surface area contributed by atoms with E-state index in [0.717, 1.165) is 22.9 Å². The lowest BCUT2D eigenvalue weighted by atomic mass is 10.1. The van der Waals surface area contributed by atoms with E-state index < -0.39 is 10.0 Å². The molecule has 1 amide bonds. The predicted molar refractivity (Wildman–Crippen MR) is 111 cm³/mol. The Morgan fingerprint density at radius 3 is 2.32 bits per heavy atom. The standard InChI is InChI=1S/C20H23BrN2O4S/c1-15(16-4-6-17(21)7-5-16)22-20(24)14-27-18-8-10-19(11-9-18)28(25,26)23-12-2-3-13-23/h4-11,15H,2-3,12-14H2,1H3,(H,22,24)/t15-/m1/s1. The Labute approximate surface area is 174 Å². The summed E-state index contributed by atoms with van der Waals surface area (Å²) in [6, 6.07) is 13.8. The van der Waals surface area contributed by atoms with Gasteiger partial charge in [0.1, 0.15) is 5.75 Å². The molecule has 1 aliphatic heterocycles. The number of hydrogen-bond acceptors (Lipinski definition) is 4. The lowest BCUT2D eigenvalue weighted by molar-refractivity contribution is -0.123. The minimum absolute atomic E-state index is 0.140. The van der Waals surface area contributed by atoms with E-state index in [1.807, 2.05) is 31.2 Å². The fourth-order valence-corrected chi connectivity index (χ4v) is 4.83. The van der Waals surface area contributed by atoms with Gasteiger partial charge in [-0.25, -0.2) is 8.42 Å². The second-order valence-corrected chi connectivity index (χ2v) is 9.57. The van der Waals surface area contributed by atoms with E-state index in [2.05, 4.69) is 21.2 Å². The Bertz CT molecular complexity index is 908. The third kappa shape index (κ3) is 5.12. The number of nitrogens with one attached hydrogen (secondary N) is 1. The lowest BCUT2D eigenvalue weighted by Gasteiger charge is -2.16. The van der Waals surface area contributed by atoms with E-state index in [-0.39, 0.29) is 23.5 Å². The van der Waals surface area contributed by atoms with E-state index >= 15 is 0 Å². The number of nitrogens with zero attached hydrogens (tertiary/aromatic N) is 1. The molecule has 0 bridgehead atoms. The number of rotatable bonds is 7. The molecule has 1 fully saturated rings. The molecular formula is C20H23BrN2O4S. The van der Waals surface area contributed by atoms with Crippen LogP contribution in [0.1, 0.15) is 31.4 Å². The molecule has 2 aromatic carbocycles. The molecule has 2 aromatic rings. The summed E-state index contributed by atoms with van der Waals surface area (Å²) in [5, 5.41) is 2.88. The van der Waals surface area contributed by atoms with Gasteiger partial charge in [0.15, 0.2) is 6.61 Å². The number of benzene rings is 2. The minimum Gasteiger partial charge on any atom is -0.484 e. The molecule has 0 aromatic heterocycles. The van der Waals surface area contributed by atoms with E-state index in [4.69, 9.17) is 4.74 Å². The smallest absolute Gasteiger partial charge is 0.258 e. The summed E-state index contributed by atoms with van der Waals surface area (Å²) in [5.74, 6) is 0.205. The van der Waals surface area contributed by atoms with Crippen LogP contribution in [0.15, 0.2) is 57.9 Å². The van der Waals surface area contributed by atoms with Crippen LogP contribution in [0.2, 0.25) is 0 Å². The van der Waals surface area contributed by atoms with Crippen LogP contribution < -0.4 is 10.1 Å². The van der Waals surface area contributed by atoms with Crippen molar-refractivity contribution in [3.05, 3.63) is 58.6 Å². The van der Waals surface area contributed by atoms with Crippen LogP contribution in [-0.4, -0.2) is 38.3 Å². The molecule has 0 spiro atoms. The first-order valence-corrected chi connectivity index (χ1v) is 11.4. The van der Waals surface area contributed by atoms with Crippen LogP contribution >= 0.6 is 15.9 Å².